The summed E-state index contributed by atoms with van der Waals surface area (Å²) >= 11 is 0. The fourth-order valence-corrected chi connectivity index (χ4v) is 5.83. The smallest absolute Gasteiger partial charge is 0.335 e. The molecule has 2 bridgehead atoms. The summed E-state index contributed by atoms with van der Waals surface area (Å²) in [5, 5.41) is 0. The summed E-state index contributed by atoms with van der Waals surface area (Å²) < 4.78 is 5.38. The lowest BCUT2D eigenvalue weighted by Crippen LogP contribution is -2.44. The first-order chi connectivity index (χ1) is 15.1. The Balaban J connectivity index is 1.40. The zero-order valence-corrected chi connectivity index (χ0v) is 19.2. The zero-order valence-electron chi connectivity index (χ0n) is 19.2. The van der Waals surface area contributed by atoms with Crippen LogP contribution in [0.15, 0.2) is 60.7 Å². The SMILES string of the molecule is CCCC=CC(=O)Oc1ccc(-c2ccc(C34CCC(CCC)(CC3)CC4)cc2)cc1. The van der Waals surface area contributed by atoms with Crippen molar-refractivity contribution in [1.82, 2.24) is 0 Å². The first-order valence-corrected chi connectivity index (χ1v) is 12.2. The van der Waals surface area contributed by atoms with Crippen molar-refractivity contribution in [3.8, 4) is 16.9 Å². The number of carbonyl (C=O) groups excluding carboxylic acids is 1. The van der Waals surface area contributed by atoms with Crippen LogP contribution < -0.4 is 4.74 Å². The highest BCUT2D eigenvalue weighted by molar-refractivity contribution is 5.84. The van der Waals surface area contributed by atoms with Gasteiger partial charge >= 0.3 is 5.97 Å². The average Bonchev–Trinajstić information content (AvgIpc) is 2.81. The van der Waals surface area contributed by atoms with Gasteiger partial charge in [-0.05, 0) is 91.0 Å². The Bertz CT molecular complexity index is 880. The Morgan fingerprint density at radius 3 is 1.97 bits per heavy atom. The normalized spacial score (nSPS) is 25.1. The van der Waals surface area contributed by atoms with Crippen LogP contribution in [-0.4, -0.2) is 5.97 Å². The molecule has 31 heavy (non-hydrogen) atoms. The molecule has 0 saturated heterocycles. The average molecular weight is 417 g/mol. The summed E-state index contributed by atoms with van der Waals surface area (Å²) in [6.07, 6.45) is 16.4. The maximum Gasteiger partial charge on any atom is 0.335 e. The van der Waals surface area contributed by atoms with E-state index in [2.05, 4.69) is 38.1 Å². The molecule has 3 fully saturated rings. The van der Waals surface area contributed by atoms with Crippen LogP contribution >= 0.6 is 0 Å². The van der Waals surface area contributed by atoms with Crippen molar-refractivity contribution in [1.29, 1.82) is 0 Å². The minimum absolute atomic E-state index is 0.312. The van der Waals surface area contributed by atoms with Gasteiger partial charge in [0.05, 0.1) is 0 Å². The molecule has 0 aromatic heterocycles. The predicted molar refractivity (Wildman–Crippen MR) is 128 cm³/mol. The lowest BCUT2D eigenvalue weighted by Gasteiger charge is -2.54. The summed E-state index contributed by atoms with van der Waals surface area (Å²) in [5.41, 5.74) is 4.98. The van der Waals surface area contributed by atoms with Crippen molar-refractivity contribution in [2.24, 2.45) is 5.41 Å². The molecule has 2 aromatic rings. The van der Waals surface area contributed by atoms with Crippen LogP contribution in [0, 0.1) is 5.41 Å². The molecule has 0 amide bonds. The van der Waals surface area contributed by atoms with E-state index in [1.807, 2.05) is 30.3 Å². The van der Waals surface area contributed by atoms with E-state index in [0.717, 1.165) is 18.4 Å². The van der Waals surface area contributed by atoms with E-state index >= 15 is 0 Å². The quantitative estimate of drug-likeness (QED) is 0.247. The Kier molecular flexibility index (Phi) is 6.65. The topological polar surface area (TPSA) is 26.3 Å². The second kappa shape index (κ2) is 9.42. The lowest BCUT2D eigenvalue weighted by molar-refractivity contribution is -0.129. The Morgan fingerprint density at radius 2 is 1.42 bits per heavy atom. The van der Waals surface area contributed by atoms with Crippen LogP contribution in [0.4, 0.5) is 0 Å². The van der Waals surface area contributed by atoms with Crippen molar-refractivity contribution in [3.63, 3.8) is 0 Å². The molecule has 0 heterocycles. The van der Waals surface area contributed by atoms with Crippen molar-refractivity contribution < 1.29 is 9.53 Å². The van der Waals surface area contributed by atoms with Gasteiger partial charge in [-0.15, -0.1) is 0 Å². The summed E-state index contributed by atoms with van der Waals surface area (Å²) in [4.78, 5) is 11.8. The van der Waals surface area contributed by atoms with E-state index in [1.165, 1.54) is 68.6 Å². The van der Waals surface area contributed by atoms with Gasteiger partial charge in [-0.2, -0.15) is 0 Å². The first-order valence-electron chi connectivity index (χ1n) is 12.2. The fraction of sp³-hybridized carbons (Fsp3) is 0.483. The number of fused-ring (bicyclic) bond motifs is 3. The third kappa shape index (κ3) is 4.79. The second-order valence-electron chi connectivity index (χ2n) is 9.74. The molecule has 0 atom stereocenters. The summed E-state index contributed by atoms with van der Waals surface area (Å²) in [7, 11) is 0. The standard InChI is InChI=1S/C29H36O2/c1-3-5-6-7-27(30)31-26-14-10-24(11-15-26)23-8-12-25(13-9-23)29-20-17-28(16-4-2,18-21-29)19-22-29/h6-15H,3-5,16-22H2,1-2H3. The number of ether oxygens (including phenoxy) is 1. The van der Waals surface area contributed by atoms with E-state index in [1.54, 1.807) is 0 Å². The lowest BCUT2D eigenvalue weighted by atomic mass is 9.51. The molecule has 0 aliphatic heterocycles. The third-order valence-corrected chi connectivity index (χ3v) is 7.79. The van der Waals surface area contributed by atoms with Crippen LogP contribution in [0.1, 0.15) is 83.6 Å². The van der Waals surface area contributed by atoms with Gasteiger partial charge in [0.15, 0.2) is 0 Å². The highest BCUT2D eigenvalue weighted by Gasteiger charge is 2.48. The molecule has 2 aromatic carbocycles. The molecule has 0 spiro atoms. The fourth-order valence-electron chi connectivity index (χ4n) is 5.83. The number of benzene rings is 2. The van der Waals surface area contributed by atoms with Crippen molar-refractivity contribution >= 4 is 5.97 Å². The molecule has 0 unspecified atom stereocenters. The predicted octanol–water partition coefficient (Wildman–Crippen LogP) is 8.01. The molecule has 0 N–H and O–H groups in total. The molecule has 3 saturated carbocycles. The van der Waals surface area contributed by atoms with E-state index < -0.39 is 0 Å². The molecule has 164 valence electrons. The van der Waals surface area contributed by atoms with Crippen LogP contribution in [0.3, 0.4) is 0 Å². The Hall–Kier alpha value is -2.35. The van der Waals surface area contributed by atoms with Crippen LogP contribution in [0.5, 0.6) is 5.75 Å². The number of hydrogen-bond donors (Lipinski definition) is 0. The van der Waals surface area contributed by atoms with Gasteiger partial charge in [0.1, 0.15) is 5.75 Å². The Morgan fingerprint density at radius 1 is 0.839 bits per heavy atom. The number of esters is 1. The van der Waals surface area contributed by atoms with E-state index in [0.29, 0.717) is 16.6 Å². The highest BCUT2D eigenvalue weighted by atomic mass is 16.5. The van der Waals surface area contributed by atoms with Gasteiger partial charge in [0.2, 0.25) is 0 Å². The van der Waals surface area contributed by atoms with Crippen LogP contribution in [0.2, 0.25) is 0 Å². The van der Waals surface area contributed by atoms with Crippen molar-refractivity contribution in [3.05, 3.63) is 66.2 Å². The van der Waals surface area contributed by atoms with Gasteiger partial charge in [-0.3, -0.25) is 0 Å². The molecule has 2 nitrogen and oxygen atoms in total. The molecule has 5 rings (SSSR count). The van der Waals surface area contributed by atoms with Crippen LogP contribution in [0.25, 0.3) is 11.1 Å². The molecule has 3 aliphatic carbocycles. The summed E-state index contributed by atoms with van der Waals surface area (Å²) in [5.74, 6) is 0.276. The minimum atomic E-state index is -0.312. The van der Waals surface area contributed by atoms with Crippen molar-refractivity contribution in [2.45, 2.75) is 83.5 Å². The van der Waals surface area contributed by atoms with E-state index in [4.69, 9.17) is 4.74 Å². The number of unbranched alkanes of at least 4 members (excludes halogenated alkanes) is 1. The van der Waals surface area contributed by atoms with Gasteiger partial charge in [-0.25, -0.2) is 4.79 Å². The monoisotopic (exact) mass is 416 g/mol. The van der Waals surface area contributed by atoms with Gasteiger partial charge in [-0.1, -0.05) is 69.2 Å². The van der Waals surface area contributed by atoms with Gasteiger partial charge in [0, 0.05) is 6.08 Å². The number of allylic oxidation sites excluding steroid dienone is 1. The van der Waals surface area contributed by atoms with Crippen LogP contribution in [-0.2, 0) is 10.2 Å². The maximum absolute atomic E-state index is 11.8. The summed E-state index contributed by atoms with van der Waals surface area (Å²) in [6.45, 7) is 4.42. The van der Waals surface area contributed by atoms with Crippen molar-refractivity contribution in [2.75, 3.05) is 0 Å². The Labute approximate surface area is 187 Å². The third-order valence-electron chi connectivity index (χ3n) is 7.79. The largest absolute Gasteiger partial charge is 0.423 e. The number of hydrogen-bond acceptors (Lipinski definition) is 2. The zero-order chi connectivity index (χ0) is 21.7. The molecule has 3 aliphatic rings. The second-order valence-corrected chi connectivity index (χ2v) is 9.74. The number of carbonyl (C=O) groups is 1. The summed E-state index contributed by atoms with van der Waals surface area (Å²) in [6, 6.07) is 17.1. The molecular weight excluding hydrogens is 380 g/mol. The van der Waals surface area contributed by atoms with Gasteiger partial charge < -0.3 is 4.74 Å². The van der Waals surface area contributed by atoms with E-state index in [9.17, 15) is 4.79 Å². The minimum Gasteiger partial charge on any atom is -0.423 e. The number of rotatable bonds is 8. The first kappa shape index (κ1) is 21.9. The molecule has 2 heteroatoms. The highest BCUT2D eigenvalue weighted by Crippen LogP contribution is 2.59. The molecular formula is C29H36O2. The molecule has 0 radical (unpaired) electrons. The van der Waals surface area contributed by atoms with E-state index in [-0.39, 0.29) is 5.97 Å². The maximum atomic E-state index is 11.8. The van der Waals surface area contributed by atoms with Gasteiger partial charge in [0.25, 0.3) is 0 Å².